The zero-order valence-electron chi connectivity index (χ0n) is 11.3. The highest BCUT2D eigenvalue weighted by molar-refractivity contribution is 7.89. The first-order valence-corrected chi connectivity index (χ1v) is 8.88. The molecule has 0 saturated heterocycles. The monoisotopic (exact) mass is 328 g/mol. The summed E-state index contributed by atoms with van der Waals surface area (Å²) < 4.78 is 42.9. The number of aryl methyl sites for hydroxylation is 1. The van der Waals surface area contributed by atoms with Gasteiger partial charge in [0.2, 0.25) is 20.0 Å². The van der Waals surface area contributed by atoms with E-state index in [9.17, 15) is 16.8 Å². The van der Waals surface area contributed by atoms with Crippen molar-refractivity contribution in [1.82, 2.24) is 0 Å². The van der Waals surface area contributed by atoms with Crippen LogP contribution in [0.4, 0.5) is 0 Å². The molecule has 0 atom stereocenters. The van der Waals surface area contributed by atoms with Crippen molar-refractivity contribution in [2.24, 2.45) is 10.3 Å². The molecule has 4 N–H and O–H groups in total. The Hall–Kier alpha value is -1.74. The number of sulfonamides is 2. The molecule has 2 rings (SSSR count). The van der Waals surface area contributed by atoms with Gasteiger partial charge in [-0.25, -0.2) is 27.1 Å². The van der Waals surface area contributed by atoms with Crippen LogP contribution in [0.25, 0.3) is 0 Å². The largest absolute Gasteiger partial charge is 0.238 e. The van der Waals surface area contributed by atoms with Crippen LogP contribution in [0.5, 0.6) is 0 Å². The lowest BCUT2D eigenvalue weighted by Crippen LogP contribution is -2.13. The van der Waals surface area contributed by atoms with E-state index in [1.54, 1.807) is 43.3 Å². The molecule has 2 aromatic carbocycles. The van der Waals surface area contributed by atoms with Gasteiger partial charge < -0.3 is 0 Å². The summed E-state index contributed by atoms with van der Waals surface area (Å²) in [5.41, 5.74) is 0.676. The lowest BCUT2D eigenvalue weighted by molar-refractivity contribution is 0.595. The van der Waals surface area contributed by atoms with Gasteiger partial charge in [-0.15, -0.1) is 0 Å². The van der Waals surface area contributed by atoms with Crippen LogP contribution in [-0.4, -0.2) is 16.8 Å². The maximum Gasteiger partial charge on any atom is 0.238 e. The van der Waals surface area contributed by atoms with Crippen molar-refractivity contribution in [3.8, 4) is 0 Å². The van der Waals surface area contributed by atoms with Gasteiger partial charge in [-0.1, -0.05) is 36.4 Å². The Kier molecular flexibility index (Phi) is 5.62. The molecular formula is C13H16N2O4S2. The molecule has 0 heterocycles. The number of hydrogen-bond donors (Lipinski definition) is 2. The summed E-state index contributed by atoms with van der Waals surface area (Å²) in [5, 5.41) is 9.76. The number of hydrogen-bond acceptors (Lipinski definition) is 4. The van der Waals surface area contributed by atoms with Crippen molar-refractivity contribution < 1.29 is 16.8 Å². The van der Waals surface area contributed by atoms with E-state index in [0.29, 0.717) is 5.56 Å². The summed E-state index contributed by atoms with van der Waals surface area (Å²) >= 11 is 0. The van der Waals surface area contributed by atoms with Gasteiger partial charge in [0, 0.05) is 0 Å². The third kappa shape index (κ3) is 5.64. The Labute approximate surface area is 124 Å². The zero-order chi connectivity index (χ0) is 16.1. The first-order valence-electron chi connectivity index (χ1n) is 5.78. The average Bonchev–Trinajstić information content (AvgIpc) is 2.39. The van der Waals surface area contributed by atoms with Crippen molar-refractivity contribution in [3.05, 3.63) is 60.2 Å². The average molecular weight is 328 g/mol. The van der Waals surface area contributed by atoms with Gasteiger partial charge in [0.05, 0.1) is 9.79 Å². The Morgan fingerprint density at radius 2 is 1.19 bits per heavy atom. The first kappa shape index (κ1) is 17.3. The first-order chi connectivity index (χ1) is 9.62. The van der Waals surface area contributed by atoms with Crippen LogP contribution in [0.15, 0.2) is 64.4 Å². The molecule has 0 aliphatic carbocycles. The molecule has 21 heavy (non-hydrogen) atoms. The molecule has 0 amide bonds. The van der Waals surface area contributed by atoms with Crippen molar-refractivity contribution in [1.29, 1.82) is 0 Å². The molecular weight excluding hydrogens is 312 g/mol. The fraction of sp³-hybridized carbons (Fsp3) is 0.0769. The molecule has 0 unspecified atom stereocenters. The SMILES string of the molecule is Cc1ccccc1S(N)(=O)=O.NS(=O)(=O)c1ccccc1. The maximum absolute atomic E-state index is 10.8. The fourth-order valence-corrected chi connectivity index (χ4v) is 2.81. The van der Waals surface area contributed by atoms with Crippen LogP contribution in [0.2, 0.25) is 0 Å². The van der Waals surface area contributed by atoms with Crippen LogP contribution in [0.3, 0.4) is 0 Å². The second kappa shape index (κ2) is 6.81. The van der Waals surface area contributed by atoms with Crippen LogP contribution in [0, 0.1) is 6.92 Å². The van der Waals surface area contributed by atoms with Gasteiger partial charge in [-0.2, -0.15) is 0 Å². The topological polar surface area (TPSA) is 120 Å². The van der Waals surface area contributed by atoms with E-state index in [4.69, 9.17) is 10.3 Å². The summed E-state index contributed by atoms with van der Waals surface area (Å²) in [6.45, 7) is 1.71. The van der Waals surface area contributed by atoms with Crippen molar-refractivity contribution in [2.75, 3.05) is 0 Å². The van der Waals surface area contributed by atoms with Crippen molar-refractivity contribution in [2.45, 2.75) is 16.7 Å². The summed E-state index contributed by atoms with van der Waals surface area (Å²) in [7, 11) is -7.04. The highest BCUT2D eigenvalue weighted by Crippen LogP contribution is 2.11. The summed E-state index contributed by atoms with van der Waals surface area (Å²) in [5.74, 6) is 0. The van der Waals surface area contributed by atoms with Gasteiger partial charge in [0.1, 0.15) is 0 Å². The van der Waals surface area contributed by atoms with E-state index < -0.39 is 20.0 Å². The molecule has 2 aromatic rings. The van der Waals surface area contributed by atoms with Crippen LogP contribution < -0.4 is 10.3 Å². The zero-order valence-corrected chi connectivity index (χ0v) is 12.9. The van der Waals surface area contributed by atoms with Crippen molar-refractivity contribution >= 4 is 20.0 Å². The molecule has 114 valence electrons. The Balaban J connectivity index is 0.000000211. The second-order valence-electron chi connectivity index (χ2n) is 4.17. The fourth-order valence-electron chi connectivity index (χ4n) is 1.49. The summed E-state index contributed by atoms with van der Waals surface area (Å²) in [4.78, 5) is 0.343. The van der Waals surface area contributed by atoms with E-state index in [-0.39, 0.29) is 9.79 Å². The van der Waals surface area contributed by atoms with Crippen molar-refractivity contribution in [3.63, 3.8) is 0 Å². The maximum atomic E-state index is 10.8. The molecule has 0 radical (unpaired) electrons. The minimum Gasteiger partial charge on any atom is -0.225 e. The standard InChI is InChI=1S/C7H9NO2S.C6H7NO2S/c1-6-4-2-3-5-7(6)11(8,9)10;7-10(8,9)6-4-2-1-3-5-6/h2-5H,1H3,(H2,8,9,10);1-5H,(H2,7,8,9). The lowest BCUT2D eigenvalue weighted by atomic mass is 10.2. The summed E-state index contributed by atoms with van der Waals surface area (Å²) in [6, 6.07) is 14.5. The molecule has 0 aliphatic heterocycles. The normalized spacial score (nSPS) is 11.4. The Morgan fingerprint density at radius 3 is 1.52 bits per heavy atom. The predicted molar refractivity (Wildman–Crippen MR) is 80.4 cm³/mol. The minimum absolute atomic E-state index is 0.148. The summed E-state index contributed by atoms with van der Waals surface area (Å²) in [6.07, 6.45) is 0. The Bertz CT molecular complexity index is 801. The highest BCUT2D eigenvalue weighted by atomic mass is 32.2. The predicted octanol–water partition coefficient (Wildman–Crippen LogP) is 0.976. The van der Waals surface area contributed by atoms with Gasteiger partial charge in [0.25, 0.3) is 0 Å². The van der Waals surface area contributed by atoms with Crippen LogP contribution >= 0.6 is 0 Å². The number of primary sulfonamides is 2. The molecule has 0 aliphatic rings. The minimum atomic E-state index is -3.53. The molecule has 0 saturated carbocycles. The van der Waals surface area contributed by atoms with Gasteiger partial charge in [-0.05, 0) is 30.7 Å². The molecule has 0 spiro atoms. The number of rotatable bonds is 2. The van der Waals surface area contributed by atoms with E-state index in [2.05, 4.69) is 0 Å². The lowest BCUT2D eigenvalue weighted by Gasteiger charge is -2.00. The van der Waals surface area contributed by atoms with E-state index >= 15 is 0 Å². The van der Waals surface area contributed by atoms with E-state index in [0.717, 1.165) is 0 Å². The number of benzene rings is 2. The van der Waals surface area contributed by atoms with E-state index in [1.165, 1.54) is 18.2 Å². The third-order valence-electron chi connectivity index (χ3n) is 2.47. The molecule has 0 fully saturated rings. The van der Waals surface area contributed by atoms with Gasteiger partial charge in [0.15, 0.2) is 0 Å². The number of nitrogens with two attached hydrogens (primary N) is 2. The quantitative estimate of drug-likeness (QED) is 0.853. The molecule has 6 nitrogen and oxygen atoms in total. The van der Waals surface area contributed by atoms with Crippen LogP contribution in [0.1, 0.15) is 5.56 Å². The van der Waals surface area contributed by atoms with Gasteiger partial charge in [-0.3, -0.25) is 0 Å². The Morgan fingerprint density at radius 1 is 0.714 bits per heavy atom. The molecule has 0 bridgehead atoms. The van der Waals surface area contributed by atoms with E-state index in [1.807, 2.05) is 0 Å². The highest BCUT2D eigenvalue weighted by Gasteiger charge is 2.08. The third-order valence-corrected chi connectivity index (χ3v) is 4.47. The molecule has 0 aromatic heterocycles. The van der Waals surface area contributed by atoms with Crippen LogP contribution in [-0.2, 0) is 20.0 Å². The smallest absolute Gasteiger partial charge is 0.225 e. The van der Waals surface area contributed by atoms with Gasteiger partial charge >= 0.3 is 0 Å². The molecule has 8 heteroatoms. The second-order valence-corrected chi connectivity index (χ2v) is 7.26.